The summed E-state index contributed by atoms with van der Waals surface area (Å²) in [7, 11) is 1.48. The Morgan fingerprint density at radius 3 is 2.58 bits per heavy atom. The van der Waals surface area contributed by atoms with E-state index in [1.165, 1.54) is 18.4 Å². The highest BCUT2D eigenvalue weighted by atomic mass is 127. The number of thiazole rings is 1. The van der Waals surface area contributed by atoms with E-state index in [4.69, 9.17) is 14.5 Å². The number of phenolic OH excluding ortho intramolecular Hbond substituents is 1. The number of methoxy groups -OCH3 is 1. The third-order valence-corrected chi connectivity index (χ3v) is 8.18. The highest BCUT2D eigenvalue weighted by Gasteiger charge is 2.32. The number of para-hydroxylation sites is 1. The van der Waals surface area contributed by atoms with E-state index in [1.54, 1.807) is 29.7 Å². The number of nitrogens with one attached hydrogen (secondary N) is 1. The first-order chi connectivity index (χ1) is 19.3. The number of hydrogen-bond donors (Lipinski definition) is 2. The summed E-state index contributed by atoms with van der Waals surface area (Å²) in [6.45, 7) is 4.22. The number of nitrogens with zero attached hydrogens (tertiary/aromatic N) is 2. The molecule has 1 aromatic heterocycles. The topological polar surface area (TPSA) is 102 Å². The predicted molar refractivity (Wildman–Crippen MR) is 164 cm³/mol. The van der Waals surface area contributed by atoms with Crippen molar-refractivity contribution in [1.29, 1.82) is 0 Å². The van der Waals surface area contributed by atoms with Gasteiger partial charge in [0.1, 0.15) is 5.75 Å². The van der Waals surface area contributed by atoms with Crippen molar-refractivity contribution < 1.29 is 19.4 Å². The number of aromatic hydroxyl groups is 1. The third kappa shape index (κ3) is 5.41. The first kappa shape index (κ1) is 27.7. The van der Waals surface area contributed by atoms with Crippen molar-refractivity contribution >= 4 is 51.6 Å². The minimum atomic E-state index is -0.702. The summed E-state index contributed by atoms with van der Waals surface area (Å²) in [6, 6.07) is 19.3. The molecule has 0 aliphatic carbocycles. The lowest BCUT2D eigenvalue weighted by Crippen LogP contribution is -2.40. The van der Waals surface area contributed by atoms with Gasteiger partial charge in [0.15, 0.2) is 16.3 Å². The Bertz CT molecular complexity index is 1790. The maximum Gasteiger partial charge on any atom is 0.271 e. The predicted octanol–water partition coefficient (Wildman–Crippen LogP) is 4.59. The fraction of sp³-hybridized carbons (Fsp3) is 0.167. The highest BCUT2D eigenvalue weighted by molar-refractivity contribution is 14.1. The van der Waals surface area contributed by atoms with E-state index < -0.39 is 6.04 Å². The molecule has 1 atom stereocenters. The van der Waals surface area contributed by atoms with Crippen LogP contribution in [0.2, 0.25) is 0 Å². The summed E-state index contributed by atoms with van der Waals surface area (Å²) in [6.07, 6.45) is 1.74. The summed E-state index contributed by atoms with van der Waals surface area (Å²) >= 11 is 3.26. The molecule has 0 unspecified atom stereocenters. The number of halogens is 1. The van der Waals surface area contributed by atoms with E-state index in [2.05, 4.69) is 5.32 Å². The Hall–Kier alpha value is -3.90. The number of phenols is 1. The second-order valence-corrected chi connectivity index (χ2v) is 11.1. The monoisotopic (exact) mass is 667 g/mol. The second-order valence-electron chi connectivity index (χ2n) is 8.96. The van der Waals surface area contributed by atoms with Crippen LogP contribution in [0, 0.1) is 3.57 Å². The molecular weight excluding hydrogens is 641 g/mol. The van der Waals surface area contributed by atoms with Gasteiger partial charge in [0.25, 0.3) is 11.5 Å². The minimum Gasteiger partial charge on any atom is -0.504 e. The first-order valence-electron chi connectivity index (χ1n) is 12.5. The van der Waals surface area contributed by atoms with Crippen LogP contribution in [0.1, 0.15) is 31.0 Å². The molecule has 0 spiro atoms. The second kappa shape index (κ2) is 11.7. The number of fused-ring (bicyclic) bond motifs is 1. The molecule has 1 aliphatic rings. The van der Waals surface area contributed by atoms with Crippen LogP contribution in [0.15, 0.2) is 87.8 Å². The molecule has 5 rings (SSSR count). The summed E-state index contributed by atoms with van der Waals surface area (Å²) in [4.78, 5) is 32.8. The number of allylic oxidation sites excluding steroid dienone is 1. The van der Waals surface area contributed by atoms with E-state index in [0.717, 1.165) is 5.56 Å². The summed E-state index contributed by atoms with van der Waals surface area (Å²) < 4.78 is 13.5. The average molecular weight is 668 g/mol. The van der Waals surface area contributed by atoms with Gasteiger partial charge < -0.3 is 19.9 Å². The van der Waals surface area contributed by atoms with Crippen LogP contribution in [-0.2, 0) is 4.79 Å². The smallest absolute Gasteiger partial charge is 0.271 e. The van der Waals surface area contributed by atoms with Crippen LogP contribution in [0.3, 0.4) is 0 Å². The maximum absolute atomic E-state index is 13.9. The molecule has 0 bridgehead atoms. The summed E-state index contributed by atoms with van der Waals surface area (Å²) in [5.74, 6) is 0.722. The van der Waals surface area contributed by atoms with Gasteiger partial charge in [0.2, 0.25) is 0 Å². The molecule has 1 amide bonds. The van der Waals surface area contributed by atoms with Crippen molar-refractivity contribution in [1.82, 2.24) is 4.57 Å². The normalized spacial score (nSPS) is 14.9. The van der Waals surface area contributed by atoms with Gasteiger partial charge in [0.05, 0.1) is 39.1 Å². The summed E-state index contributed by atoms with van der Waals surface area (Å²) in [5.41, 5.74) is 2.73. The molecule has 2 N–H and O–H groups in total. The van der Waals surface area contributed by atoms with E-state index >= 15 is 0 Å². The molecule has 2 heterocycles. The number of ether oxygens (including phenoxy) is 2. The number of rotatable bonds is 7. The van der Waals surface area contributed by atoms with Gasteiger partial charge in [-0.25, -0.2) is 4.99 Å². The van der Waals surface area contributed by atoms with E-state index in [1.807, 2.05) is 84.1 Å². The van der Waals surface area contributed by atoms with Crippen molar-refractivity contribution in [2.45, 2.75) is 19.9 Å². The molecule has 40 heavy (non-hydrogen) atoms. The van der Waals surface area contributed by atoms with Crippen molar-refractivity contribution in [2.75, 3.05) is 19.0 Å². The molecule has 8 nitrogen and oxygen atoms in total. The zero-order valence-corrected chi connectivity index (χ0v) is 24.9. The molecular formula is C30H26IN3O5S. The standard InChI is InChI=1S/C30H26IN3O5S/c1-4-39-21-12-10-19(11-13-21)26-25(28(36)33-20-8-6-5-7-9-20)17(2)32-30-34(26)29(37)24(40-30)16-18-14-22(31)27(35)23(15-18)38-3/h5-16,26,35H,4H2,1-3H3,(H,33,36)/b24-16-/t26-/m1/s1. The van der Waals surface area contributed by atoms with Crippen LogP contribution in [0.25, 0.3) is 6.08 Å². The number of aromatic nitrogens is 1. The van der Waals surface area contributed by atoms with E-state index in [9.17, 15) is 14.7 Å². The number of benzene rings is 3. The molecule has 0 saturated heterocycles. The molecule has 0 saturated carbocycles. The molecule has 3 aromatic carbocycles. The number of hydrogen-bond acceptors (Lipinski definition) is 7. The fourth-order valence-corrected chi connectivity index (χ4v) is 6.22. The summed E-state index contributed by atoms with van der Waals surface area (Å²) in [5, 5.41) is 13.2. The Labute approximate surface area is 248 Å². The minimum absolute atomic E-state index is 0.0434. The van der Waals surface area contributed by atoms with E-state index in [-0.39, 0.29) is 17.2 Å². The van der Waals surface area contributed by atoms with Gasteiger partial charge in [-0.2, -0.15) is 0 Å². The molecule has 4 aromatic rings. The van der Waals surface area contributed by atoms with Gasteiger partial charge in [-0.1, -0.05) is 41.7 Å². The molecule has 204 valence electrons. The Balaban J connectivity index is 1.67. The van der Waals surface area contributed by atoms with Crippen molar-refractivity contribution in [3.8, 4) is 17.2 Å². The number of amides is 1. The fourth-order valence-electron chi connectivity index (χ4n) is 4.54. The quantitative estimate of drug-likeness (QED) is 0.281. The molecule has 0 fully saturated rings. The largest absolute Gasteiger partial charge is 0.504 e. The van der Waals surface area contributed by atoms with Crippen molar-refractivity contribution in [3.63, 3.8) is 0 Å². The number of anilines is 1. The van der Waals surface area contributed by atoms with Crippen molar-refractivity contribution in [2.24, 2.45) is 4.99 Å². The zero-order valence-electron chi connectivity index (χ0n) is 22.0. The van der Waals surface area contributed by atoms with Gasteiger partial charge in [-0.3, -0.25) is 14.2 Å². The lowest BCUT2D eigenvalue weighted by atomic mass is 9.95. The number of carbonyl (C=O) groups excluding carboxylic acids is 1. The number of carbonyl (C=O) groups is 1. The van der Waals surface area contributed by atoms with Crippen LogP contribution >= 0.6 is 33.9 Å². The van der Waals surface area contributed by atoms with Crippen LogP contribution in [0.4, 0.5) is 5.69 Å². The Morgan fingerprint density at radius 1 is 1.18 bits per heavy atom. The van der Waals surface area contributed by atoms with Crippen LogP contribution < -0.4 is 29.7 Å². The van der Waals surface area contributed by atoms with E-state index in [0.29, 0.717) is 53.5 Å². The Kier molecular flexibility index (Phi) is 8.08. The lowest BCUT2D eigenvalue weighted by Gasteiger charge is -2.25. The average Bonchev–Trinajstić information content (AvgIpc) is 3.24. The first-order valence-corrected chi connectivity index (χ1v) is 14.4. The third-order valence-electron chi connectivity index (χ3n) is 6.37. The van der Waals surface area contributed by atoms with Crippen LogP contribution in [0.5, 0.6) is 17.2 Å². The van der Waals surface area contributed by atoms with Gasteiger partial charge in [-0.05, 0) is 90.0 Å². The van der Waals surface area contributed by atoms with Gasteiger partial charge in [-0.15, -0.1) is 0 Å². The maximum atomic E-state index is 13.9. The highest BCUT2D eigenvalue weighted by Crippen LogP contribution is 2.33. The molecule has 0 radical (unpaired) electrons. The SMILES string of the molecule is CCOc1ccc([C@@H]2C(C(=O)Nc3ccccc3)=C(C)N=c3s/c(=C\c4cc(I)c(O)c(OC)c4)c(=O)n32)cc1. The van der Waals surface area contributed by atoms with Gasteiger partial charge >= 0.3 is 0 Å². The Morgan fingerprint density at radius 2 is 1.90 bits per heavy atom. The van der Waals surface area contributed by atoms with Crippen LogP contribution in [-0.4, -0.2) is 29.3 Å². The van der Waals surface area contributed by atoms with Crippen molar-refractivity contribution in [3.05, 3.63) is 112 Å². The zero-order chi connectivity index (χ0) is 28.4. The molecule has 1 aliphatic heterocycles. The molecule has 10 heteroatoms. The van der Waals surface area contributed by atoms with Gasteiger partial charge in [0, 0.05) is 5.69 Å². The lowest BCUT2D eigenvalue weighted by molar-refractivity contribution is -0.113.